The average molecular weight is 1290 g/mol. The maximum Gasteiger partial charge on any atom is 0.417 e. The van der Waals surface area contributed by atoms with Crippen LogP contribution in [0.4, 0.5) is 26.3 Å². The molecule has 90 heavy (non-hydrogen) atoms. The first-order valence-corrected chi connectivity index (χ1v) is 35.1. The number of rotatable bonds is 10. The topological polar surface area (TPSA) is 118 Å². The number of carbonyl (C=O) groups excluding carboxylic acids is 1. The summed E-state index contributed by atoms with van der Waals surface area (Å²) < 4.78 is 85.4. The van der Waals surface area contributed by atoms with Gasteiger partial charge in [0.25, 0.3) is 0 Å². The van der Waals surface area contributed by atoms with Crippen LogP contribution in [-0.4, -0.2) is 169 Å². The van der Waals surface area contributed by atoms with E-state index in [1.165, 1.54) is 55.6 Å². The molecular formula is C70H115ClF6N12O. The van der Waals surface area contributed by atoms with Crippen LogP contribution < -0.4 is 31.9 Å². The number of benzene rings is 1. The number of amides is 1. The maximum atomic E-state index is 14.8. The Morgan fingerprint density at radius 2 is 1.52 bits per heavy atom. The van der Waals surface area contributed by atoms with Gasteiger partial charge in [-0.2, -0.15) is 26.3 Å². The van der Waals surface area contributed by atoms with Gasteiger partial charge >= 0.3 is 12.4 Å². The number of likely N-dealkylation sites (tertiary alicyclic amines) is 1. The molecule has 11 atom stereocenters. The molecule has 5 fully saturated rings. The maximum absolute atomic E-state index is 14.8. The molecule has 1 aromatic rings. The van der Waals surface area contributed by atoms with E-state index in [1.807, 2.05) is 37.3 Å². The van der Waals surface area contributed by atoms with Crippen molar-refractivity contribution in [2.24, 2.45) is 28.7 Å². The Balaban J connectivity index is 1.20. The van der Waals surface area contributed by atoms with Crippen molar-refractivity contribution in [3.05, 3.63) is 82.8 Å². The number of aryl methyl sites for hydroxylation is 1. The highest BCUT2D eigenvalue weighted by Crippen LogP contribution is 2.41. The number of nitrogens with zero attached hydrogens (tertiary/aromatic N) is 6. The van der Waals surface area contributed by atoms with E-state index in [2.05, 4.69) is 126 Å². The van der Waals surface area contributed by atoms with Crippen molar-refractivity contribution in [1.82, 2.24) is 56.4 Å². The lowest BCUT2D eigenvalue weighted by atomic mass is 9.74. The van der Waals surface area contributed by atoms with E-state index in [1.54, 1.807) is 6.20 Å². The third-order valence-electron chi connectivity index (χ3n) is 21.1. The molecule has 1 amide bonds. The van der Waals surface area contributed by atoms with Crippen LogP contribution in [0.15, 0.2) is 71.7 Å². The fraction of sp³-hybridized carbons (Fsp3) is 0.771. The zero-order chi connectivity index (χ0) is 65.3. The minimum Gasteiger partial charge on any atom is -0.390 e. The van der Waals surface area contributed by atoms with E-state index in [-0.39, 0.29) is 76.5 Å². The van der Waals surface area contributed by atoms with E-state index in [0.717, 1.165) is 109 Å². The zero-order valence-electron chi connectivity index (χ0n) is 56.5. The highest BCUT2D eigenvalue weighted by atomic mass is 35.5. The normalized spacial score (nSPS) is 30.0. The van der Waals surface area contributed by atoms with Gasteiger partial charge in [-0.25, -0.2) is 0 Å². The minimum atomic E-state index is -4.54. The Kier molecular flexibility index (Phi) is 28.2. The van der Waals surface area contributed by atoms with E-state index < -0.39 is 36.4 Å². The van der Waals surface area contributed by atoms with Gasteiger partial charge in [-0.15, -0.1) is 0 Å². The summed E-state index contributed by atoms with van der Waals surface area (Å²) in [7, 11) is 4.17. The molecule has 1 spiro atoms. The third kappa shape index (κ3) is 21.1. The summed E-state index contributed by atoms with van der Waals surface area (Å²) in [6, 6.07) is 2.36. The summed E-state index contributed by atoms with van der Waals surface area (Å²) in [4.78, 5) is 31.1. The summed E-state index contributed by atoms with van der Waals surface area (Å²) in [5, 5.41) is 22.2. The monoisotopic (exact) mass is 1290 g/mol. The zero-order valence-corrected chi connectivity index (χ0v) is 57.3. The summed E-state index contributed by atoms with van der Waals surface area (Å²) in [5.74, 6) is 0.854. The first-order chi connectivity index (χ1) is 42.8. The van der Waals surface area contributed by atoms with Crippen LogP contribution in [0, 0.1) is 23.7 Å². The number of carbonyl (C=O) groups is 1. The molecule has 0 aromatic heterocycles. The van der Waals surface area contributed by atoms with Crippen LogP contribution in [0.1, 0.15) is 189 Å². The Hall–Kier alpha value is -3.85. The summed E-state index contributed by atoms with van der Waals surface area (Å²) in [6.07, 6.45) is 20.3. The standard InChI is InChI=1S/C70H115ClF6N12O/c1-12-49(4)63-43-82-62(42-69(72,73)74)51(6)81-44-64-65(67(90)87-36-19-14-20-37-87)54(9)89(64)66(48(2)3)52(7)84-68(30-17-18-31-68)47-79-34-33-78-32-29-57(27-25-56-26-28-60(61(71)41-56)70(75,76)77)80-35-39-85(10)45-59(40-55-22-15-13-16-23-55)86(11)46-58-24-21-38-88(58)53(8)50(5)83-63/h26,28-29,32,35,39,41,45-46,48-55,62-66,78-79,81-84H,12-25,27,30-31,33-34,36-38,40,42-44,47H2,1-11H3/t49-,50?,51?,52?,53-,54?,62-,63+,64?,65-,66-/m0/s1. The predicted molar refractivity (Wildman–Crippen MR) is 357 cm³/mol. The minimum absolute atomic E-state index is 0.0148. The molecule has 6 N–H and O–H groups in total. The second-order valence-corrected chi connectivity index (χ2v) is 28.7. The lowest BCUT2D eigenvalue weighted by Gasteiger charge is -2.60. The van der Waals surface area contributed by atoms with Crippen LogP contribution >= 0.6 is 11.6 Å². The summed E-state index contributed by atoms with van der Waals surface area (Å²) in [6.45, 7) is 24.9. The molecule has 0 bridgehead atoms. The second-order valence-electron chi connectivity index (χ2n) is 28.3. The molecule has 7 rings (SSSR count). The molecule has 6 aliphatic rings. The average Bonchev–Trinajstić information content (AvgIpc) is 0.786. The van der Waals surface area contributed by atoms with Crippen molar-refractivity contribution in [3.63, 3.8) is 0 Å². The van der Waals surface area contributed by atoms with Crippen molar-refractivity contribution in [2.75, 3.05) is 66.5 Å². The number of hydrogen-bond acceptors (Lipinski definition) is 12. The number of piperidine rings is 1. The summed E-state index contributed by atoms with van der Waals surface area (Å²) in [5.41, 5.74) is 2.90. The molecule has 0 radical (unpaired) electrons. The quantitative estimate of drug-likeness (QED) is 0.126. The van der Waals surface area contributed by atoms with Gasteiger partial charge < -0.3 is 51.5 Å². The highest BCUT2D eigenvalue weighted by molar-refractivity contribution is 6.31. The van der Waals surface area contributed by atoms with Crippen LogP contribution in [0.25, 0.3) is 0 Å². The Morgan fingerprint density at radius 3 is 2.19 bits per heavy atom. The van der Waals surface area contributed by atoms with Crippen molar-refractivity contribution in [3.8, 4) is 0 Å². The van der Waals surface area contributed by atoms with Crippen molar-refractivity contribution in [1.29, 1.82) is 0 Å². The molecule has 510 valence electrons. The molecule has 13 nitrogen and oxygen atoms in total. The van der Waals surface area contributed by atoms with Gasteiger partial charge in [-0.05, 0) is 147 Å². The largest absolute Gasteiger partial charge is 0.417 e. The Bertz CT molecular complexity index is 2520. The van der Waals surface area contributed by atoms with Gasteiger partial charge in [-0.1, -0.05) is 96.7 Å². The lowest BCUT2D eigenvalue weighted by Crippen LogP contribution is -2.76. The molecule has 3 saturated heterocycles. The van der Waals surface area contributed by atoms with Crippen molar-refractivity contribution >= 4 is 23.2 Å². The molecule has 5 unspecified atom stereocenters. The van der Waals surface area contributed by atoms with Crippen molar-refractivity contribution < 1.29 is 31.1 Å². The lowest BCUT2D eigenvalue weighted by molar-refractivity contribution is -0.162. The van der Waals surface area contributed by atoms with Gasteiger partial charge in [-0.3, -0.25) is 14.7 Å². The van der Waals surface area contributed by atoms with Crippen LogP contribution in [0.3, 0.4) is 0 Å². The Morgan fingerprint density at radius 1 is 0.811 bits per heavy atom. The van der Waals surface area contributed by atoms with Crippen LogP contribution in [0.2, 0.25) is 5.02 Å². The molecular weight excluding hydrogens is 1170 g/mol. The van der Waals surface area contributed by atoms with Gasteiger partial charge in [0.05, 0.1) is 22.9 Å². The molecule has 4 heterocycles. The fourth-order valence-electron chi connectivity index (χ4n) is 15.6. The molecule has 2 saturated carbocycles. The number of fused-ring (bicyclic) bond motifs is 2. The van der Waals surface area contributed by atoms with Gasteiger partial charge in [0.2, 0.25) is 5.91 Å². The van der Waals surface area contributed by atoms with E-state index in [4.69, 9.17) is 16.6 Å². The third-order valence-corrected chi connectivity index (χ3v) is 21.4. The molecule has 2 aliphatic carbocycles. The Labute approximate surface area is 542 Å². The van der Waals surface area contributed by atoms with Crippen LogP contribution in [0.5, 0.6) is 0 Å². The molecule has 4 aliphatic heterocycles. The van der Waals surface area contributed by atoms with E-state index in [9.17, 15) is 31.1 Å². The van der Waals surface area contributed by atoms with Crippen LogP contribution in [-0.2, 0) is 17.4 Å². The number of hydrogen-bond donors (Lipinski definition) is 6. The molecule has 1 aromatic carbocycles. The number of alkyl halides is 6. The van der Waals surface area contributed by atoms with Gasteiger partial charge in [0, 0.05) is 168 Å². The summed E-state index contributed by atoms with van der Waals surface area (Å²) >= 11 is 6.18. The van der Waals surface area contributed by atoms with Crippen molar-refractivity contribution in [2.45, 2.75) is 257 Å². The van der Waals surface area contributed by atoms with E-state index >= 15 is 0 Å². The SMILES string of the molecule is CC[C@H](C)[C@H]1CN[C@@H](CC(F)(F)F)C(C)NCC2[C@@H](C(=O)N3CCCCC3)C(C)N2[C@@H](C(C)C)C(C)NC2(CCCC2)CNCCNC=CC(CCc2ccc(C(F)(F)F)c(Cl)c2)=NC=CN(C)C=C(CC2CCCCC2)N(C)C=C2CCCN2[C@@H](C)C(C)N1. The van der Waals surface area contributed by atoms with E-state index in [0.29, 0.717) is 50.5 Å². The number of halogens is 7. The first kappa shape index (κ1) is 73.6. The number of nitrogens with one attached hydrogen (secondary N) is 6. The van der Waals surface area contributed by atoms with Gasteiger partial charge in [0.15, 0.2) is 0 Å². The smallest absolute Gasteiger partial charge is 0.390 e. The first-order valence-electron chi connectivity index (χ1n) is 34.7. The fourth-order valence-corrected chi connectivity index (χ4v) is 15.9. The van der Waals surface area contributed by atoms with Gasteiger partial charge in [0.1, 0.15) is 0 Å². The second kappa shape index (κ2) is 34.5. The molecule has 20 heteroatoms. The number of aliphatic imine (C=N–C) groups is 1. The number of allylic oxidation sites excluding steroid dienone is 3. The predicted octanol–water partition coefficient (Wildman–Crippen LogP) is 13.2. The highest BCUT2D eigenvalue weighted by Gasteiger charge is 2.55.